The Morgan fingerprint density at radius 2 is 1.78 bits per heavy atom. The summed E-state index contributed by atoms with van der Waals surface area (Å²) in [5.74, 6) is -0.425. The van der Waals surface area contributed by atoms with E-state index >= 15 is 0 Å². The molecule has 0 atom stereocenters. The smallest absolute Gasteiger partial charge is 0.250 e. The van der Waals surface area contributed by atoms with Crippen LogP contribution in [0.25, 0.3) is 0 Å². The summed E-state index contributed by atoms with van der Waals surface area (Å²) in [7, 11) is -3.73. The van der Waals surface area contributed by atoms with Crippen molar-refractivity contribution in [3.63, 3.8) is 0 Å². The Labute approximate surface area is 144 Å². The number of hydrogen-bond donors (Lipinski definition) is 2. The lowest BCUT2D eigenvalue weighted by molar-refractivity contribution is -0.115. The number of amides is 1. The van der Waals surface area contributed by atoms with Gasteiger partial charge in [0.1, 0.15) is 4.21 Å². The van der Waals surface area contributed by atoms with E-state index in [2.05, 4.69) is 10.0 Å². The molecule has 1 aromatic heterocycles. The fourth-order valence-electron chi connectivity index (χ4n) is 2.23. The molecule has 1 aromatic carbocycles. The molecule has 0 radical (unpaired) electrons. The number of nitrogens with one attached hydrogen (secondary N) is 2. The fourth-order valence-corrected chi connectivity index (χ4v) is 4.74. The summed E-state index contributed by atoms with van der Waals surface area (Å²) in [4.78, 5) is 12.0. The van der Waals surface area contributed by atoms with Gasteiger partial charge in [-0.1, -0.05) is 29.3 Å². The summed E-state index contributed by atoms with van der Waals surface area (Å²) in [6.07, 6.45) is 0. The molecule has 0 unspecified atom stereocenters. The fraction of sp³-hybridized carbons (Fsp3) is 0.267. The van der Waals surface area contributed by atoms with E-state index in [-0.39, 0.29) is 10.8 Å². The van der Waals surface area contributed by atoms with E-state index in [9.17, 15) is 13.2 Å². The highest BCUT2D eigenvalue weighted by Gasteiger charge is 2.18. The number of thiophene rings is 1. The van der Waals surface area contributed by atoms with Gasteiger partial charge in [-0.25, -0.2) is 13.1 Å². The van der Waals surface area contributed by atoms with Crippen molar-refractivity contribution in [3.05, 3.63) is 45.3 Å². The topological polar surface area (TPSA) is 75.3 Å². The van der Waals surface area contributed by atoms with E-state index in [4.69, 9.17) is 11.6 Å². The lowest BCUT2D eigenvalue weighted by atomic mass is 10.1. The Morgan fingerprint density at radius 1 is 1.17 bits per heavy atom. The third-order valence-corrected chi connectivity index (χ3v) is 6.30. The third-order valence-electron chi connectivity index (χ3n) is 3.18. The van der Waals surface area contributed by atoms with Crippen molar-refractivity contribution in [2.24, 2.45) is 0 Å². The Morgan fingerprint density at radius 3 is 2.30 bits per heavy atom. The van der Waals surface area contributed by atoms with Gasteiger partial charge in [0.2, 0.25) is 5.91 Å². The van der Waals surface area contributed by atoms with Gasteiger partial charge in [-0.15, -0.1) is 11.3 Å². The monoisotopic (exact) mass is 372 g/mol. The van der Waals surface area contributed by atoms with E-state index in [1.54, 1.807) is 0 Å². The number of benzene rings is 1. The van der Waals surface area contributed by atoms with E-state index in [1.165, 1.54) is 12.1 Å². The number of sulfonamides is 1. The Bertz CT molecular complexity index is 821. The quantitative estimate of drug-likeness (QED) is 0.845. The molecule has 0 fully saturated rings. The molecule has 23 heavy (non-hydrogen) atoms. The number of anilines is 1. The number of carbonyl (C=O) groups is 1. The third kappa shape index (κ3) is 4.54. The minimum Gasteiger partial charge on any atom is -0.324 e. The Balaban J connectivity index is 2.04. The van der Waals surface area contributed by atoms with Crippen molar-refractivity contribution in [1.82, 2.24) is 4.72 Å². The van der Waals surface area contributed by atoms with Crippen LogP contribution >= 0.6 is 22.9 Å². The normalized spacial score (nSPS) is 11.5. The molecule has 2 N–H and O–H groups in total. The zero-order valence-electron chi connectivity index (χ0n) is 12.9. The summed E-state index contributed by atoms with van der Waals surface area (Å²) in [6.45, 7) is 5.43. The second-order valence-corrected chi connectivity index (χ2v) is 8.91. The van der Waals surface area contributed by atoms with Crippen LogP contribution in [0.15, 0.2) is 28.5 Å². The van der Waals surface area contributed by atoms with Gasteiger partial charge >= 0.3 is 0 Å². The second-order valence-electron chi connectivity index (χ2n) is 5.20. The molecule has 2 rings (SSSR count). The van der Waals surface area contributed by atoms with Crippen LogP contribution in [-0.4, -0.2) is 20.9 Å². The van der Waals surface area contributed by atoms with Crippen molar-refractivity contribution in [1.29, 1.82) is 0 Å². The van der Waals surface area contributed by atoms with E-state index < -0.39 is 15.9 Å². The van der Waals surface area contributed by atoms with Crippen molar-refractivity contribution in [2.45, 2.75) is 25.0 Å². The maximum absolute atomic E-state index is 12.0. The van der Waals surface area contributed by atoms with Gasteiger partial charge < -0.3 is 5.32 Å². The maximum Gasteiger partial charge on any atom is 0.250 e. The first-order valence-corrected chi connectivity index (χ1v) is 9.49. The molecule has 0 aliphatic heterocycles. The molecule has 0 saturated heterocycles. The molecule has 0 saturated carbocycles. The van der Waals surface area contributed by atoms with E-state index in [1.807, 2.05) is 32.9 Å². The van der Waals surface area contributed by atoms with Crippen LogP contribution in [0.1, 0.15) is 16.7 Å². The van der Waals surface area contributed by atoms with Gasteiger partial charge in [0.05, 0.1) is 10.9 Å². The van der Waals surface area contributed by atoms with Crippen LogP contribution in [0, 0.1) is 20.8 Å². The van der Waals surface area contributed by atoms with Gasteiger partial charge in [0.15, 0.2) is 0 Å². The van der Waals surface area contributed by atoms with Crippen molar-refractivity contribution >= 4 is 44.6 Å². The van der Waals surface area contributed by atoms with Gasteiger partial charge in [0.25, 0.3) is 10.0 Å². The molecule has 0 aliphatic carbocycles. The van der Waals surface area contributed by atoms with Gasteiger partial charge in [-0.05, 0) is 44.0 Å². The summed E-state index contributed by atoms with van der Waals surface area (Å²) in [5, 5.41) is 2.75. The van der Waals surface area contributed by atoms with E-state index in [0.717, 1.165) is 28.0 Å². The molecule has 124 valence electrons. The van der Waals surface area contributed by atoms with Crippen LogP contribution in [0.2, 0.25) is 4.34 Å². The number of rotatable bonds is 5. The molecule has 8 heteroatoms. The lowest BCUT2D eigenvalue weighted by Crippen LogP contribution is -2.32. The first-order valence-electron chi connectivity index (χ1n) is 6.82. The molecule has 1 heterocycles. The van der Waals surface area contributed by atoms with Crippen LogP contribution < -0.4 is 10.0 Å². The molecule has 0 bridgehead atoms. The highest BCUT2D eigenvalue weighted by molar-refractivity contribution is 7.91. The number of aryl methyl sites for hydroxylation is 3. The van der Waals surface area contributed by atoms with Gasteiger partial charge in [-0.3, -0.25) is 4.79 Å². The minimum atomic E-state index is -3.73. The molecule has 2 aromatic rings. The predicted molar refractivity (Wildman–Crippen MR) is 93.8 cm³/mol. The first-order chi connectivity index (χ1) is 10.7. The van der Waals surface area contributed by atoms with E-state index in [0.29, 0.717) is 10.0 Å². The summed E-state index contributed by atoms with van der Waals surface area (Å²) in [5.41, 5.74) is 3.68. The SMILES string of the molecule is Cc1cc(C)c(NC(=O)CNS(=O)(=O)c2ccc(Cl)s2)c(C)c1. The molecule has 0 spiro atoms. The summed E-state index contributed by atoms with van der Waals surface area (Å²) < 4.78 is 26.8. The number of halogens is 1. The van der Waals surface area contributed by atoms with Gasteiger partial charge in [0, 0.05) is 5.69 Å². The standard InChI is InChI=1S/C15H17ClN2O3S2/c1-9-6-10(2)15(11(3)7-9)18-13(19)8-17-23(20,21)14-5-4-12(16)22-14/h4-7,17H,8H2,1-3H3,(H,18,19). The molecule has 1 amide bonds. The Hall–Kier alpha value is -1.41. The summed E-state index contributed by atoms with van der Waals surface area (Å²) >= 11 is 6.67. The lowest BCUT2D eigenvalue weighted by Gasteiger charge is -2.13. The molecular formula is C15H17ClN2O3S2. The molecule has 5 nitrogen and oxygen atoms in total. The zero-order valence-corrected chi connectivity index (χ0v) is 15.3. The zero-order chi connectivity index (χ0) is 17.2. The second kappa shape index (κ2) is 7.00. The minimum absolute atomic E-state index is 0.0815. The molecular weight excluding hydrogens is 356 g/mol. The van der Waals surface area contributed by atoms with Crippen LogP contribution in [0.5, 0.6) is 0 Å². The number of carbonyl (C=O) groups excluding carboxylic acids is 1. The highest BCUT2D eigenvalue weighted by Crippen LogP contribution is 2.25. The predicted octanol–water partition coefficient (Wildman–Crippen LogP) is 3.24. The van der Waals surface area contributed by atoms with Crippen molar-refractivity contribution in [3.8, 4) is 0 Å². The van der Waals surface area contributed by atoms with Crippen LogP contribution in [0.3, 0.4) is 0 Å². The molecule has 0 aliphatic rings. The summed E-state index contributed by atoms with van der Waals surface area (Å²) in [6, 6.07) is 6.82. The largest absolute Gasteiger partial charge is 0.324 e. The average molecular weight is 373 g/mol. The van der Waals surface area contributed by atoms with Crippen LogP contribution in [-0.2, 0) is 14.8 Å². The number of hydrogen-bond acceptors (Lipinski definition) is 4. The van der Waals surface area contributed by atoms with Crippen molar-refractivity contribution < 1.29 is 13.2 Å². The Kier molecular flexibility index (Phi) is 5.46. The van der Waals surface area contributed by atoms with Crippen LogP contribution in [0.4, 0.5) is 5.69 Å². The maximum atomic E-state index is 12.0. The first kappa shape index (κ1) is 17.9. The van der Waals surface area contributed by atoms with Gasteiger partial charge in [-0.2, -0.15) is 0 Å². The average Bonchev–Trinajstić information content (AvgIpc) is 2.88. The van der Waals surface area contributed by atoms with Crippen molar-refractivity contribution in [2.75, 3.05) is 11.9 Å². The highest BCUT2D eigenvalue weighted by atomic mass is 35.5.